The number of ether oxygens (including phenoxy) is 1. The monoisotopic (exact) mass is 304 g/mol. The van der Waals surface area contributed by atoms with Crippen LogP contribution in [0.5, 0.6) is 0 Å². The predicted octanol–water partition coefficient (Wildman–Crippen LogP) is 3.57. The lowest BCUT2D eigenvalue weighted by Crippen LogP contribution is -2.13. The number of nitrogens with zero attached hydrogens (tertiary/aromatic N) is 1. The molecule has 1 aromatic carbocycles. The predicted molar refractivity (Wildman–Crippen MR) is 83.8 cm³/mol. The normalized spacial score (nSPS) is 10.2. The van der Waals surface area contributed by atoms with Crippen molar-refractivity contribution in [3.8, 4) is 0 Å². The molecule has 0 atom stereocenters. The second-order valence-corrected chi connectivity index (χ2v) is 4.80. The standard InChI is InChI=1S/C16H17ClN2O2/c1-2-21-16(20)13-8-9-14(17)19-15(13)18-11-10-12-6-4-3-5-7-12/h3-9H,2,10-11H2,1H3,(H,18,19). The van der Waals surface area contributed by atoms with Crippen molar-refractivity contribution in [2.75, 3.05) is 18.5 Å². The van der Waals surface area contributed by atoms with E-state index in [1.165, 1.54) is 5.56 Å². The van der Waals surface area contributed by atoms with Crippen molar-refractivity contribution in [1.82, 2.24) is 4.98 Å². The number of pyridine rings is 1. The van der Waals surface area contributed by atoms with Gasteiger partial charge in [0.05, 0.1) is 6.61 Å². The molecule has 0 saturated heterocycles. The molecule has 0 aliphatic rings. The van der Waals surface area contributed by atoms with Crippen LogP contribution in [-0.2, 0) is 11.2 Å². The number of hydrogen-bond donors (Lipinski definition) is 1. The third-order valence-corrected chi connectivity index (χ3v) is 3.12. The summed E-state index contributed by atoms with van der Waals surface area (Å²) in [7, 11) is 0. The first-order valence-electron chi connectivity index (χ1n) is 6.82. The van der Waals surface area contributed by atoms with Crippen LogP contribution in [0.2, 0.25) is 5.15 Å². The van der Waals surface area contributed by atoms with E-state index in [0.29, 0.717) is 29.7 Å². The number of nitrogens with one attached hydrogen (secondary N) is 1. The first-order valence-corrected chi connectivity index (χ1v) is 7.20. The van der Waals surface area contributed by atoms with E-state index < -0.39 is 5.97 Å². The SMILES string of the molecule is CCOC(=O)c1ccc(Cl)nc1NCCc1ccccc1. The van der Waals surface area contributed by atoms with Gasteiger partial charge in [0.1, 0.15) is 16.5 Å². The van der Waals surface area contributed by atoms with Crippen molar-refractivity contribution < 1.29 is 9.53 Å². The molecule has 2 aromatic rings. The zero-order chi connectivity index (χ0) is 15.1. The van der Waals surface area contributed by atoms with E-state index in [9.17, 15) is 4.79 Å². The highest BCUT2D eigenvalue weighted by atomic mass is 35.5. The maximum absolute atomic E-state index is 11.9. The molecule has 0 aliphatic heterocycles. The number of esters is 1. The van der Waals surface area contributed by atoms with Gasteiger partial charge < -0.3 is 10.1 Å². The number of anilines is 1. The quantitative estimate of drug-likeness (QED) is 0.655. The summed E-state index contributed by atoms with van der Waals surface area (Å²) in [6, 6.07) is 13.3. The Balaban J connectivity index is 2.04. The van der Waals surface area contributed by atoms with Crippen molar-refractivity contribution >= 4 is 23.4 Å². The Morgan fingerprint density at radius 2 is 2.00 bits per heavy atom. The second kappa shape index (κ2) is 7.64. The van der Waals surface area contributed by atoms with E-state index in [1.807, 2.05) is 18.2 Å². The van der Waals surface area contributed by atoms with Gasteiger partial charge in [0.2, 0.25) is 0 Å². The summed E-state index contributed by atoms with van der Waals surface area (Å²) in [6.07, 6.45) is 0.831. The third kappa shape index (κ3) is 4.46. The van der Waals surface area contributed by atoms with E-state index in [2.05, 4.69) is 22.4 Å². The Morgan fingerprint density at radius 1 is 1.24 bits per heavy atom. The van der Waals surface area contributed by atoms with Crippen LogP contribution < -0.4 is 5.32 Å². The van der Waals surface area contributed by atoms with Crippen LogP contribution in [-0.4, -0.2) is 24.1 Å². The Labute approximate surface area is 129 Å². The molecule has 0 spiro atoms. The number of halogens is 1. The zero-order valence-corrected chi connectivity index (χ0v) is 12.6. The summed E-state index contributed by atoms with van der Waals surface area (Å²) in [4.78, 5) is 16.0. The van der Waals surface area contributed by atoms with Gasteiger partial charge in [-0.15, -0.1) is 0 Å². The minimum atomic E-state index is -0.399. The summed E-state index contributed by atoms with van der Waals surface area (Å²) in [5.41, 5.74) is 1.61. The molecule has 2 rings (SSSR count). The van der Waals surface area contributed by atoms with Gasteiger partial charge in [0, 0.05) is 6.54 Å². The minimum absolute atomic E-state index is 0.324. The lowest BCUT2D eigenvalue weighted by molar-refractivity contribution is 0.0527. The molecule has 5 heteroatoms. The summed E-state index contributed by atoms with van der Waals surface area (Å²) in [5, 5.41) is 3.48. The van der Waals surface area contributed by atoms with Crippen LogP contribution in [0.25, 0.3) is 0 Å². The van der Waals surface area contributed by atoms with Gasteiger partial charge in [0.15, 0.2) is 0 Å². The number of aromatic nitrogens is 1. The fraction of sp³-hybridized carbons (Fsp3) is 0.250. The number of carbonyl (C=O) groups excluding carboxylic acids is 1. The Hall–Kier alpha value is -2.07. The molecule has 0 radical (unpaired) electrons. The van der Waals surface area contributed by atoms with Crippen molar-refractivity contribution in [1.29, 1.82) is 0 Å². The van der Waals surface area contributed by atoms with Gasteiger partial charge in [-0.3, -0.25) is 0 Å². The van der Waals surface area contributed by atoms with E-state index in [4.69, 9.17) is 16.3 Å². The molecule has 1 heterocycles. The van der Waals surface area contributed by atoms with E-state index >= 15 is 0 Å². The van der Waals surface area contributed by atoms with Gasteiger partial charge in [-0.25, -0.2) is 9.78 Å². The van der Waals surface area contributed by atoms with Crippen LogP contribution >= 0.6 is 11.6 Å². The van der Waals surface area contributed by atoms with Crippen LogP contribution in [0.3, 0.4) is 0 Å². The molecule has 0 unspecified atom stereocenters. The van der Waals surface area contributed by atoms with Crippen LogP contribution in [0, 0.1) is 0 Å². The maximum atomic E-state index is 11.9. The summed E-state index contributed by atoms with van der Waals surface area (Å²) < 4.78 is 5.01. The fourth-order valence-corrected chi connectivity index (χ4v) is 2.06. The molecule has 110 valence electrons. The highest BCUT2D eigenvalue weighted by molar-refractivity contribution is 6.29. The van der Waals surface area contributed by atoms with Crippen molar-refractivity contribution in [3.63, 3.8) is 0 Å². The first-order chi connectivity index (χ1) is 10.2. The lowest BCUT2D eigenvalue weighted by Gasteiger charge is -2.10. The molecular weight excluding hydrogens is 288 g/mol. The minimum Gasteiger partial charge on any atom is -0.462 e. The number of hydrogen-bond acceptors (Lipinski definition) is 4. The van der Waals surface area contributed by atoms with Crippen molar-refractivity contribution in [3.05, 3.63) is 58.7 Å². The van der Waals surface area contributed by atoms with Crippen LogP contribution in [0.1, 0.15) is 22.8 Å². The van der Waals surface area contributed by atoms with Crippen molar-refractivity contribution in [2.45, 2.75) is 13.3 Å². The highest BCUT2D eigenvalue weighted by Crippen LogP contribution is 2.17. The average Bonchev–Trinajstić information content (AvgIpc) is 2.49. The topological polar surface area (TPSA) is 51.2 Å². The van der Waals surface area contributed by atoms with Gasteiger partial charge >= 0.3 is 5.97 Å². The number of benzene rings is 1. The lowest BCUT2D eigenvalue weighted by atomic mass is 10.1. The van der Waals surface area contributed by atoms with E-state index in [0.717, 1.165) is 6.42 Å². The average molecular weight is 305 g/mol. The summed E-state index contributed by atoms with van der Waals surface area (Å²) >= 11 is 5.89. The Bertz CT molecular complexity index is 602. The largest absolute Gasteiger partial charge is 0.462 e. The number of carbonyl (C=O) groups is 1. The molecule has 0 aliphatic carbocycles. The summed E-state index contributed by atoms with van der Waals surface area (Å²) in [5.74, 6) is 0.0563. The third-order valence-electron chi connectivity index (χ3n) is 2.91. The molecule has 1 aromatic heterocycles. The molecule has 0 saturated carbocycles. The zero-order valence-electron chi connectivity index (χ0n) is 11.8. The van der Waals surface area contributed by atoms with Gasteiger partial charge in [-0.05, 0) is 31.0 Å². The molecule has 4 nitrogen and oxygen atoms in total. The second-order valence-electron chi connectivity index (χ2n) is 4.41. The molecular formula is C16H17ClN2O2. The molecule has 1 N–H and O–H groups in total. The maximum Gasteiger partial charge on any atom is 0.341 e. The Kier molecular flexibility index (Phi) is 5.58. The first kappa shape index (κ1) is 15.3. The van der Waals surface area contributed by atoms with E-state index in [1.54, 1.807) is 19.1 Å². The van der Waals surface area contributed by atoms with Crippen LogP contribution in [0.4, 0.5) is 5.82 Å². The smallest absolute Gasteiger partial charge is 0.341 e. The molecule has 21 heavy (non-hydrogen) atoms. The van der Waals surface area contributed by atoms with Crippen LogP contribution in [0.15, 0.2) is 42.5 Å². The summed E-state index contributed by atoms with van der Waals surface area (Å²) in [6.45, 7) is 2.75. The molecule has 0 bridgehead atoms. The highest BCUT2D eigenvalue weighted by Gasteiger charge is 2.14. The Morgan fingerprint density at radius 3 is 2.71 bits per heavy atom. The molecule has 0 amide bonds. The van der Waals surface area contributed by atoms with Gasteiger partial charge in [-0.1, -0.05) is 41.9 Å². The van der Waals surface area contributed by atoms with Gasteiger partial charge in [-0.2, -0.15) is 0 Å². The number of rotatable bonds is 6. The fourth-order valence-electron chi connectivity index (χ4n) is 1.91. The van der Waals surface area contributed by atoms with E-state index in [-0.39, 0.29) is 0 Å². The van der Waals surface area contributed by atoms with Gasteiger partial charge in [0.25, 0.3) is 0 Å². The van der Waals surface area contributed by atoms with Crippen molar-refractivity contribution in [2.24, 2.45) is 0 Å². The molecule has 0 fully saturated rings.